The highest BCUT2D eigenvalue weighted by molar-refractivity contribution is 5.80. The Kier molecular flexibility index (Phi) is 7.91. The molecule has 0 atom stereocenters. The van der Waals surface area contributed by atoms with Crippen molar-refractivity contribution in [2.75, 3.05) is 0 Å². The zero-order valence-corrected chi connectivity index (χ0v) is 18.6. The SMILES string of the molecule is N#Cc1ccc(CO/N=C/c2ccc(OCc3ccccc3)c(OCc3ccccc3)c2)cc1. The van der Waals surface area contributed by atoms with Gasteiger partial charge in [-0.15, -0.1) is 0 Å². The molecule has 34 heavy (non-hydrogen) atoms. The summed E-state index contributed by atoms with van der Waals surface area (Å²) in [6.45, 7) is 1.19. The highest BCUT2D eigenvalue weighted by Gasteiger charge is 2.08. The first-order chi connectivity index (χ1) is 16.8. The van der Waals surface area contributed by atoms with Gasteiger partial charge in [-0.1, -0.05) is 78.0 Å². The molecule has 0 amide bonds. The molecule has 0 saturated carbocycles. The normalized spacial score (nSPS) is 10.6. The van der Waals surface area contributed by atoms with Gasteiger partial charge in [0, 0.05) is 5.56 Å². The number of ether oxygens (including phenoxy) is 2. The predicted molar refractivity (Wildman–Crippen MR) is 132 cm³/mol. The molecule has 0 radical (unpaired) electrons. The van der Waals surface area contributed by atoms with Crippen LogP contribution in [0.5, 0.6) is 11.5 Å². The van der Waals surface area contributed by atoms with Crippen LogP contribution in [-0.4, -0.2) is 6.21 Å². The Hall–Kier alpha value is -4.56. The summed E-state index contributed by atoms with van der Waals surface area (Å²) >= 11 is 0. The van der Waals surface area contributed by atoms with E-state index in [4.69, 9.17) is 19.6 Å². The van der Waals surface area contributed by atoms with Crippen molar-refractivity contribution in [3.8, 4) is 17.6 Å². The first-order valence-electron chi connectivity index (χ1n) is 10.9. The van der Waals surface area contributed by atoms with Gasteiger partial charge in [0.15, 0.2) is 11.5 Å². The molecular formula is C29H24N2O3. The maximum atomic E-state index is 8.88. The molecule has 0 aliphatic heterocycles. The Balaban J connectivity index is 1.42. The second kappa shape index (κ2) is 11.9. The van der Waals surface area contributed by atoms with Crippen LogP contribution >= 0.6 is 0 Å². The van der Waals surface area contributed by atoms with Crippen molar-refractivity contribution in [1.29, 1.82) is 5.26 Å². The van der Waals surface area contributed by atoms with Crippen LogP contribution < -0.4 is 9.47 Å². The van der Waals surface area contributed by atoms with Gasteiger partial charge in [-0.25, -0.2) is 0 Å². The van der Waals surface area contributed by atoms with Gasteiger partial charge in [0.05, 0.1) is 17.8 Å². The average molecular weight is 449 g/mol. The van der Waals surface area contributed by atoms with Gasteiger partial charge in [0.25, 0.3) is 0 Å². The third-order valence-electron chi connectivity index (χ3n) is 5.03. The van der Waals surface area contributed by atoms with E-state index in [1.807, 2.05) is 91.0 Å². The standard InChI is InChI=1S/C29H24N2O3/c30-18-23-11-13-26(14-12-23)22-34-31-19-27-15-16-28(32-20-24-7-3-1-4-8-24)29(17-27)33-21-25-9-5-2-6-10-25/h1-17,19H,20-22H2/b31-19+. The number of nitriles is 1. The lowest BCUT2D eigenvalue weighted by Gasteiger charge is -2.14. The second-order valence-corrected chi connectivity index (χ2v) is 7.57. The highest BCUT2D eigenvalue weighted by atomic mass is 16.6. The summed E-state index contributed by atoms with van der Waals surface area (Å²) in [7, 11) is 0. The van der Waals surface area contributed by atoms with E-state index in [1.54, 1.807) is 18.3 Å². The minimum absolute atomic E-state index is 0.317. The number of hydrogen-bond donors (Lipinski definition) is 0. The minimum atomic E-state index is 0.317. The van der Waals surface area contributed by atoms with E-state index in [-0.39, 0.29) is 0 Å². The molecule has 0 N–H and O–H groups in total. The molecule has 0 aliphatic carbocycles. The molecule has 5 nitrogen and oxygen atoms in total. The molecule has 4 aromatic carbocycles. The van der Waals surface area contributed by atoms with Gasteiger partial charge in [-0.05, 0) is 47.0 Å². The minimum Gasteiger partial charge on any atom is -0.485 e. The lowest BCUT2D eigenvalue weighted by Crippen LogP contribution is -2.01. The van der Waals surface area contributed by atoms with Crippen LogP contribution in [0.2, 0.25) is 0 Å². The molecule has 168 valence electrons. The van der Waals surface area contributed by atoms with Gasteiger partial charge in [0.2, 0.25) is 0 Å². The van der Waals surface area contributed by atoms with E-state index in [0.29, 0.717) is 36.9 Å². The third-order valence-corrected chi connectivity index (χ3v) is 5.03. The third kappa shape index (κ3) is 6.72. The fourth-order valence-electron chi connectivity index (χ4n) is 3.19. The van der Waals surface area contributed by atoms with Crippen molar-refractivity contribution >= 4 is 6.21 Å². The van der Waals surface area contributed by atoms with Crippen LogP contribution in [0.15, 0.2) is 108 Å². The van der Waals surface area contributed by atoms with Crippen LogP contribution in [-0.2, 0) is 24.7 Å². The molecule has 0 heterocycles. The van der Waals surface area contributed by atoms with Gasteiger partial charge in [-0.2, -0.15) is 5.26 Å². The maximum Gasteiger partial charge on any atom is 0.162 e. The summed E-state index contributed by atoms with van der Waals surface area (Å²) in [5.74, 6) is 1.30. The second-order valence-electron chi connectivity index (χ2n) is 7.57. The summed E-state index contributed by atoms with van der Waals surface area (Å²) in [4.78, 5) is 5.42. The van der Waals surface area contributed by atoms with E-state index in [9.17, 15) is 0 Å². The number of benzene rings is 4. The maximum absolute atomic E-state index is 8.88. The molecule has 5 heteroatoms. The zero-order chi connectivity index (χ0) is 23.4. The number of hydrogen-bond acceptors (Lipinski definition) is 5. The smallest absolute Gasteiger partial charge is 0.162 e. The monoisotopic (exact) mass is 448 g/mol. The summed E-state index contributed by atoms with van der Waals surface area (Å²) in [5.41, 5.74) is 4.53. The average Bonchev–Trinajstić information content (AvgIpc) is 2.91. The Morgan fingerprint density at radius 1 is 0.647 bits per heavy atom. The highest BCUT2D eigenvalue weighted by Crippen LogP contribution is 2.29. The molecule has 0 fully saturated rings. The van der Waals surface area contributed by atoms with Crippen LogP contribution in [0.25, 0.3) is 0 Å². The van der Waals surface area contributed by atoms with E-state index < -0.39 is 0 Å². The Bertz CT molecular complexity index is 1250. The van der Waals surface area contributed by atoms with Crippen molar-refractivity contribution in [2.45, 2.75) is 19.8 Å². The summed E-state index contributed by atoms with van der Waals surface area (Å²) in [5, 5.41) is 13.0. The number of nitrogens with zero attached hydrogens (tertiary/aromatic N) is 2. The lowest BCUT2D eigenvalue weighted by atomic mass is 10.2. The first-order valence-corrected chi connectivity index (χ1v) is 10.9. The molecule has 0 bridgehead atoms. The van der Waals surface area contributed by atoms with Crippen molar-refractivity contribution < 1.29 is 14.3 Å². The molecular weight excluding hydrogens is 424 g/mol. The van der Waals surface area contributed by atoms with Crippen LogP contribution in [0.3, 0.4) is 0 Å². The van der Waals surface area contributed by atoms with Crippen molar-refractivity contribution in [3.63, 3.8) is 0 Å². The van der Waals surface area contributed by atoms with Gasteiger partial charge in [-0.3, -0.25) is 0 Å². The van der Waals surface area contributed by atoms with Crippen molar-refractivity contribution in [3.05, 3.63) is 131 Å². The topological polar surface area (TPSA) is 63.8 Å². The molecule has 0 spiro atoms. The van der Waals surface area contributed by atoms with Gasteiger partial charge < -0.3 is 14.3 Å². The molecule has 0 aliphatic rings. The van der Waals surface area contributed by atoms with E-state index in [2.05, 4.69) is 11.2 Å². The van der Waals surface area contributed by atoms with Gasteiger partial charge in [0.1, 0.15) is 19.8 Å². The number of rotatable bonds is 10. The molecule has 4 rings (SSSR count). The van der Waals surface area contributed by atoms with Crippen LogP contribution in [0.4, 0.5) is 0 Å². The quantitative estimate of drug-likeness (QED) is 0.212. The zero-order valence-electron chi connectivity index (χ0n) is 18.6. The number of oxime groups is 1. The van der Waals surface area contributed by atoms with Crippen molar-refractivity contribution in [2.24, 2.45) is 5.16 Å². The Morgan fingerprint density at radius 2 is 1.24 bits per heavy atom. The summed E-state index contributed by atoms with van der Waals surface area (Å²) in [6.07, 6.45) is 1.64. The van der Waals surface area contributed by atoms with E-state index in [0.717, 1.165) is 22.3 Å². The fourth-order valence-corrected chi connectivity index (χ4v) is 3.19. The molecule has 4 aromatic rings. The Morgan fingerprint density at radius 3 is 1.85 bits per heavy atom. The van der Waals surface area contributed by atoms with Crippen LogP contribution in [0.1, 0.15) is 27.8 Å². The summed E-state index contributed by atoms with van der Waals surface area (Å²) in [6, 6.07) is 35.0. The molecule has 0 aromatic heterocycles. The largest absolute Gasteiger partial charge is 0.485 e. The van der Waals surface area contributed by atoms with E-state index >= 15 is 0 Å². The van der Waals surface area contributed by atoms with Gasteiger partial charge >= 0.3 is 0 Å². The van der Waals surface area contributed by atoms with Crippen LogP contribution in [0, 0.1) is 11.3 Å². The first kappa shape index (κ1) is 22.6. The Labute approximate surface area is 199 Å². The predicted octanol–water partition coefficient (Wildman–Crippen LogP) is 6.27. The van der Waals surface area contributed by atoms with E-state index in [1.165, 1.54) is 0 Å². The molecule has 0 unspecified atom stereocenters. The summed E-state index contributed by atoms with van der Waals surface area (Å²) < 4.78 is 12.1. The fraction of sp³-hybridized carbons (Fsp3) is 0.103. The van der Waals surface area contributed by atoms with Crippen molar-refractivity contribution in [1.82, 2.24) is 0 Å². The lowest BCUT2D eigenvalue weighted by molar-refractivity contribution is 0.132. The molecule has 0 saturated heterocycles.